The van der Waals surface area contributed by atoms with Gasteiger partial charge in [0, 0.05) is 20.4 Å². The first-order chi connectivity index (χ1) is 1.41. The molecule has 0 N–H and O–H groups in total. The number of halogens is 1. The largest absolute Gasteiger partial charge is 1.00 e. The van der Waals surface area contributed by atoms with Crippen LogP contribution in [0, 0.1) is 6.92 Å². The van der Waals surface area contributed by atoms with Crippen molar-refractivity contribution in [3.8, 4) is 0 Å². The average Bonchev–Trinajstić information content (AvgIpc) is 0.918. The molecule has 0 atom stereocenters. The Hall–Kier alpha value is 0.692. The minimum atomic E-state index is 0. The second-order valence-corrected chi connectivity index (χ2v) is 0.289. The smallest absolute Gasteiger partial charge is 0 e. The van der Waals surface area contributed by atoms with Gasteiger partial charge in [0.1, 0.15) is 0 Å². The minimum absolute atomic E-state index is 0. The van der Waals surface area contributed by atoms with E-state index in [1.54, 1.807) is 0 Å². The van der Waals surface area contributed by atoms with Gasteiger partial charge in [-0.15, -0.1) is 6.58 Å². The van der Waals surface area contributed by atoms with Crippen LogP contribution in [0.25, 0.3) is 0 Å². The zero-order valence-electron chi connectivity index (χ0n) is 2.69. The van der Waals surface area contributed by atoms with Crippen LogP contribution >= 0.6 is 0 Å². The van der Waals surface area contributed by atoms with E-state index in [9.17, 15) is 0 Å². The molecular formula is C3H5ClPd-. The van der Waals surface area contributed by atoms with E-state index in [1.807, 2.05) is 0 Å². The summed E-state index contributed by atoms with van der Waals surface area (Å²) >= 11 is 0. The predicted molar refractivity (Wildman–Crippen MR) is 15.6 cm³/mol. The van der Waals surface area contributed by atoms with Crippen molar-refractivity contribution in [2.45, 2.75) is 0 Å². The molecule has 0 unspecified atom stereocenters. The Morgan fingerprint density at radius 2 is 1.40 bits per heavy atom. The van der Waals surface area contributed by atoms with Crippen molar-refractivity contribution in [2.75, 3.05) is 0 Å². The Balaban J connectivity index is -0.0000000200. The van der Waals surface area contributed by atoms with Crippen LogP contribution in [0.3, 0.4) is 0 Å². The first-order valence-corrected chi connectivity index (χ1v) is 0.816. The third kappa shape index (κ3) is 71.0. The van der Waals surface area contributed by atoms with Crippen molar-refractivity contribution in [3.05, 3.63) is 19.6 Å². The van der Waals surface area contributed by atoms with E-state index in [1.165, 1.54) is 6.08 Å². The third-order valence-corrected chi connectivity index (χ3v) is 0. The fourth-order valence-corrected chi connectivity index (χ4v) is 0. The number of hydrogen-bond donors (Lipinski definition) is 0. The molecule has 0 aliphatic heterocycles. The molecule has 0 saturated heterocycles. The molecule has 0 amide bonds. The molecule has 0 aliphatic carbocycles. The summed E-state index contributed by atoms with van der Waals surface area (Å²) in [6.45, 7) is 6.50. The monoisotopic (exact) mass is 182 g/mol. The summed E-state index contributed by atoms with van der Waals surface area (Å²) < 4.78 is 0. The molecule has 0 saturated carbocycles. The Morgan fingerprint density at radius 1 is 1.40 bits per heavy atom. The van der Waals surface area contributed by atoms with Crippen molar-refractivity contribution < 1.29 is 32.8 Å². The maximum atomic E-state index is 3.25. The van der Waals surface area contributed by atoms with Crippen LogP contribution < -0.4 is 12.4 Å². The minimum Gasteiger partial charge on any atom is -1.00 e. The van der Waals surface area contributed by atoms with Crippen LogP contribution in [-0.2, 0) is 20.4 Å². The predicted octanol–water partition coefficient (Wildman–Crippen LogP) is -1.99. The summed E-state index contributed by atoms with van der Waals surface area (Å²) in [6, 6.07) is 0. The number of allylic oxidation sites excluding steroid dienone is 1. The molecule has 5 heavy (non-hydrogen) atoms. The Labute approximate surface area is 52.7 Å². The first kappa shape index (κ1) is 17.3. The Bertz CT molecular complexity index is 14.4. The molecule has 0 nitrogen and oxygen atoms in total. The summed E-state index contributed by atoms with van der Waals surface area (Å²) in [5, 5.41) is 0. The van der Waals surface area contributed by atoms with Crippen LogP contribution in [0.2, 0.25) is 0 Å². The van der Waals surface area contributed by atoms with Crippen molar-refractivity contribution in [1.82, 2.24) is 0 Å². The zero-order chi connectivity index (χ0) is 2.71. The van der Waals surface area contributed by atoms with Crippen molar-refractivity contribution >= 4 is 0 Å². The van der Waals surface area contributed by atoms with Crippen LogP contribution in [-0.4, -0.2) is 0 Å². The van der Waals surface area contributed by atoms with Crippen molar-refractivity contribution in [3.63, 3.8) is 0 Å². The fraction of sp³-hybridized carbons (Fsp3) is 0. The standard InChI is InChI=1S/C3H5.ClH.Pd/c1-3-2;;/h3H,1-2H2;1H;/p-1. The van der Waals surface area contributed by atoms with Crippen molar-refractivity contribution in [2.24, 2.45) is 0 Å². The van der Waals surface area contributed by atoms with Gasteiger partial charge in [-0.1, -0.05) is 6.08 Å². The second kappa shape index (κ2) is 22.3. The molecule has 0 aliphatic rings. The van der Waals surface area contributed by atoms with E-state index in [2.05, 4.69) is 13.5 Å². The van der Waals surface area contributed by atoms with Gasteiger partial charge in [0.25, 0.3) is 0 Å². The molecule has 0 heterocycles. The fourth-order valence-electron chi connectivity index (χ4n) is 0. The van der Waals surface area contributed by atoms with Crippen LogP contribution in [0.4, 0.5) is 0 Å². The van der Waals surface area contributed by atoms with Gasteiger partial charge in [-0.3, -0.25) is 0 Å². The molecule has 2 heteroatoms. The number of hydrogen-bond acceptors (Lipinski definition) is 0. The Morgan fingerprint density at radius 3 is 1.40 bits per heavy atom. The average molecular weight is 183 g/mol. The molecule has 0 fully saturated rings. The quantitative estimate of drug-likeness (QED) is 0.381. The molecule has 0 rings (SSSR count). The normalized spacial score (nSPS) is 2.60. The molecule has 0 aromatic rings. The number of rotatable bonds is 0. The SMILES string of the molecule is [CH2]C=C.[Cl-].[Pd]. The van der Waals surface area contributed by atoms with E-state index in [0.29, 0.717) is 0 Å². The summed E-state index contributed by atoms with van der Waals surface area (Å²) in [5.74, 6) is 0. The topological polar surface area (TPSA) is 0 Å². The molecule has 0 spiro atoms. The van der Waals surface area contributed by atoms with Gasteiger partial charge in [-0.25, -0.2) is 0 Å². The summed E-state index contributed by atoms with van der Waals surface area (Å²) in [6.07, 6.45) is 1.50. The maximum Gasteiger partial charge on any atom is 0 e. The van der Waals surface area contributed by atoms with Crippen LogP contribution in [0.1, 0.15) is 0 Å². The van der Waals surface area contributed by atoms with Gasteiger partial charge < -0.3 is 12.4 Å². The second-order valence-electron chi connectivity index (χ2n) is 0.289. The summed E-state index contributed by atoms with van der Waals surface area (Å²) in [7, 11) is 0. The zero-order valence-corrected chi connectivity index (χ0v) is 5.00. The molecular weight excluding hydrogens is 178 g/mol. The van der Waals surface area contributed by atoms with Crippen LogP contribution in [0.5, 0.6) is 0 Å². The molecule has 0 aromatic carbocycles. The van der Waals surface area contributed by atoms with E-state index < -0.39 is 0 Å². The van der Waals surface area contributed by atoms with E-state index in [-0.39, 0.29) is 32.8 Å². The van der Waals surface area contributed by atoms with Crippen LogP contribution in [0.15, 0.2) is 12.7 Å². The van der Waals surface area contributed by atoms with Gasteiger partial charge in [-0.2, -0.15) is 0 Å². The summed E-state index contributed by atoms with van der Waals surface area (Å²) in [5.41, 5.74) is 0. The first-order valence-electron chi connectivity index (χ1n) is 0.816. The van der Waals surface area contributed by atoms with Crippen molar-refractivity contribution in [1.29, 1.82) is 0 Å². The third-order valence-electron chi connectivity index (χ3n) is 0. The van der Waals surface area contributed by atoms with Gasteiger partial charge in [0.2, 0.25) is 0 Å². The molecule has 35 valence electrons. The Kier molecular flexibility index (Phi) is 77.2. The summed E-state index contributed by atoms with van der Waals surface area (Å²) in [4.78, 5) is 0. The molecule has 1 radical (unpaired) electrons. The molecule has 0 bridgehead atoms. The van der Waals surface area contributed by atoms with Gasteiger partial charge in [0.15, 0.2) is 0 Å². The van der Waals surface area contributed by atoms with E-state index >= 15 is 0 Å². The molecule has 0 aromatic heterocycles. The van der Waals surface area contributed by atoms with Gasteiger partial charge in [0.05, 0.1) is 0 Å². The van der Waals surface area contributed by atoms with E-state index in [0.717, 1.165) is 0 Å². The van der Waals surface area contributed by atoms with E-state index in [4.69, 9.17) is 0 Å². The van der Waals surface area contributed by atoms with Gasteiger partial charge >= 0.3 is 0 Å². The maximum absolute atomic E-state index is 3.25. The van der Waals surface area contributed by atoms with Gasteiger partial charge in [-0.05, 0) is 6.92 Å².